The molecular formula is C37H43BrClN3O7. The number of hydrogen-bond acceptors (Lipinski definition) is 7. The molecule has 8 atom stereocenters. The first kappa shape index (κ1) is 36.8. The van der Waals surface area contributed by atoms with E-state index in [-0.39, 0.29) is 48.7 Å². The van der Waals surface area contributed by atoms with E-state index in [1.54, 1.807) is 48.2 Å². The number of alkyl halides is 1. The van der Waals surface area contributed by atoms with Gasteiger partial charge in [0, 0.05) is 41.7 Å². The number of carbonyl (C=O) groups excluding carboxylic acids is 4. The number of esters is 1. The van der Waals surface area contributed by atoms with Crippen LogP contribution in [0.25, 0.3) is 0 Å². The third kappa shape index (κ3) is 7.36. The average Bonchev–Trinajstić information content (AvgIpc) is 3.68. The van der Waals surface area contributed by atoms with E-state index in [9.17, 15) is 24.3 Å². The predicted octanol–water partition coefficient (Wildman–Crippen LogP) is 5.13. The molecule has 1 unspecified atom stereocenters. The number of fused-ring (bicyclic) bond motifs is 1. The summed E-state index contributed by atoms with van der Waals surface area (Å²) in [6.45, 7) is 9.58. The molecule has 0 aromatic heterocycles. The number of nitrogens with zero attached hydrogens (tertiary/aromatic N) is 2. The van der Waals surface area contributed by atoms with Crippen LogP contribution < -0.4 is 10.2 Å². The first-order valence-electron chi connectivity index (χ1n) is 16.6. The number of ether oxygens (including phenoxy) is 2. The molecule has 2 N–H and O–H groups in total. The van der Waals surface area contributed by atoms with Crippen LogP contribution in [0.1, 0.15) is 50.7 Å². The molecule has 0 saturated carbocycles. The number of unbranched alkanes of at least 4 members (excludes halogenated alkanes) is 1. The van der Waals surface area contributed by atoms with Crippen molar-refractivity contribution in [1.82, 2.24) is 10.2 Å². The Bertz CT molecular complexity index is 1540. The highest BCUT2D eigenvalue weighted by Crippen LogP contribution is 2.60. The monoisotopic (exact) mass is 755 g/mol. The fourth-order valence-corrected chi connectivity index (χ4v) is 8.54. The summed E-state index contributed by atoms with van der Waals surface area (Å²) >= 11 is 9.86. The number of carbonyl (C=O) groups is 4. The maximum atomic E-state index is 14.7. The van der Waals surface area contributed by atoms with Gasteiger partial charge in [-0.2, -0.15) is 0 Å². The Hall–Kier alpha value is -3.51. The molecule has 3 aliphatic heterocycles. The lowest BCUT2D eigenvalue weighted by Gasteiger charge is -2.37. The number of benzene rings is 2. The molecule has 2 aromatic rings. The number of likely N-dealkylation sites (tertiary alicyclic amines) is 1. The number of aliphatic hydroxyl groups excluding tert-OH is 1. The molecule has 0 aliphatic carbocycles. The standard InChI is InChI=1S/C37H43BrClN3O7/c1-4-6-14-28(44)40-23(3)31(24-12-8-7-9-13-24)48-36(47)29-30-34(45)42(20-10-11-21-43)33(37(30)22-27(38)32(29)49-37)35(46)41(19-5-2)26-17-15-25(39)16-18-26/h4-5,7-9,12-13,15-18,23,27,29-33,43H,1-2,6,10-11,14,19-22H2,3H3,(H,40,44)/t23-,27?,29-,30+,31-,32-,33-,37+/m1/s1. The van der Waals surface area contributed by atoms with E-state index in [1.165, 1.54) is 4.90 Å². The van der Waals surface area contributed by atoms with Gasteiger partial charge in [0.2, 0.25) is 11.8 Å². The Kier molecular flexibility index (Phi) is 12.0. The van der Waals surface area contributed by atoms with Crippen molar-refractivity contribution in [3.63, 3.8) is 0 Å². The van der Waals surface area contributed by atoms with Gasteiger partial charge in [0.05, 0.1) is 24.0 Å². The molecule has 3 amide bonds. The Morgan fingerprint density at radius 1 is 1.16 bits per heavy atom. The summed E-state index contributed by atoms with van der Waals surface area (Å²) in [5.74, 6) is -3.57. The van der Waals surface area contributed by atoms with E-state index >= 15 is 0 Å². The lowest BCUT2D eigenvalue weighted by Crippen LogP contribution is -2.57. The highest BCUT2D eigenvalue weighted by Gasteiger charge is 2.77. The van der Waals surface area contributed by atoms with E-state index in [0.29, 0.717) is 42.0 Å². The van der Waals surface area contributed by atoms with Gasteiger partial charge in [-0.05, 0) is 62.4 Å². The van der Waals surface area contributed by atoms with Gasteiger partial charge in [-0.15, -0.1) is 13.2 Å². The van der Waals surface area contributed by atoms with Crippen molar-refractivity contribution in [1.29, 1.82) is 0 Å². The number of halogens is 2. The van der Waals surface area contributed by atoms with Crippen molar-refractivity contribution in [2.45, 2.75) is 73.7 Å². The fraction of sp³-hybridized carbons (Fsp3) is 0.459. The van der Waals surface area contributed by atoms with Crippen molar-refractivity contribution in [2.24, 2.45) is 11.8 Å². The molecule has 12 heteroatoms. The Morgan fingerprint density at radius 2 is 1.88 bits per heavy atom. The van der Waals surface area contributed by atoms with Crippen LogP contribution in [-0.4, -0.2) is 82.0 Å². The van der Waals surface area contributed by atoms with E-state index < -0.39 is 47.7 Å². The molecule has 3 aliphatic rings. The van der Waals surface area contributed by atoms with E-state index in [4.69, 9.17) is 21.1 Å². The zero-order valence-electron chi connectivity index (χ0n) is 27.5. The Morgan fingerprint density at radius 3 is 2.53 bits per heavy atom. The highest BCUT2D eigenvalue weighted by atomic mass is 79.9. The van der Waals surface area contributed by atoms with Crippen LogP contribution in [0.15, 0.2) is 79.9 Å². The second kappa shape index (κ2) is 16.0. The minimum Gasteiger partial charge on any atom is -0.455 e. The van der Waals surface area contributed by atoms with Crippen molar-refractivity contribution < 1.29 is 33.8 Å². The minimum atomic E-state index is -1.31. The van der Waals surface area contributed by atoms with Crippen LogP contribution in [-0.2, 0) is 28.7 Å². The Labute approximate surface area is 300 Å². The maximum absolute atomic E-state index is 14.7. The first-order chi connectivity index (χ1) is 23.6. The van der Waals surface area contributed by atoms with Crippen molar-refractivity contribution in [3.05, 3.63) is 90.5 Å². The van der Waals surface area contributed by atoms with Crippen LogP contribution in [0.5, 0.6) is 0 Å². The largest absolute Gasteiger partial charge is 0.455 e. The van der Waals surface area contributed by atoms with Crippen LogP contribution in [0.3, 0.4) is 0 Å². The van der Waals surface area contributed by atoms with Crippen LogP contribution in [0.2, 0.25) is 5.02 Å². The zero-order valence-corrected chi connectivity index (χ0v) is 29.9. The molecule has 5 rings (SSSR count). The third-order valence-corrected chi connectivity index (χ3v) is 10.7. The van der Waals surface area contributed by atoms with Crippen molar-refractivity contribution >= 4 is 56.9 Å². The van der Waals surface area contributed by atoms with E-state index in [2.05, 4.69) is 34.4 Å². The number of allylic oxidation sites excluding steroid dienone is 1. The molecule has 3 saturated heterocycles. The normalized spacial score (nSPS) is 26.5. The topological polar surface area (TPSA) is 125 Å². The molecule has 10 nitrogen and oxygen atoms in total. The maximum Gasteiger partial charge on any atom is 0.313 e. The number of amides is 3. The SMILES string of the molecule is C=CCCC(=O)N[C@H](C)[C@@H](OC(=O)[C@H]1[C@@H]2O[C@@]3(CC2Br)[C@@H]1C(=O)N(CCCCO)[C@@H]3C(=O)N(CC=C)c1ccc(Cl)cc1)c1ccccc1. The quantitative estimate of drug-likeness (QED) is 0.105. The molecule has 49 heavy (non-hydrogen) atoms. The predicted molar refractivity (Wildman–Crippen MR) is 190 cm³/mol. The van der Waals surface area contributed by atoms with E-state index in [1.807, 2.05) is 30.3 Å². The average molecular weight is 757 g/mol. The zero-order chi connectivity index (χ0) is 35.3. The summed E-state index contributed by atoms with van der Waals surface area (Å²) in [7, 11) is 0. The number of aliphatic hydroxyl groups is 1. The van der Waals surface area contributed by atoms with Gasteiger partial charge >= 0.3 is 5.97 Å². The minimum absolute atomic E-state index is 0.0667. The molecule has 2 bridgehead atoms. The molecule has 2 aromatic carbocycles. The smallest absolute Gasteiger partial charge is 0.313 e. The highest BCUT2D eigenvalue weighted by molar-refractivity contribution is 9.09. The molecule has 0 radical (unpaired) electrons. The lowest BCUT2D eigenvalue weighted by atomic mass is 9.70. The second-order valence-electron chi connectivity index (χ2n) is 12.8. The summed E-state index contributed by atoms with van der Waals surface area (Å²) < 4.78 is 12.9. The van der Waals surface area contributed by atoms with Crippen LogP contribution >= 0.6 is 27.5 Å². The van der Waals surface area contributed by atoms with Crippen molar-refractivity contribution in [3.8, 4) is 0 Å². The summed E-state index contributed by atoms with van der Waals surface area (Å²) in [4.78, 5) is 58.9. The first-order valence-corrected chi connectivity index (χ1v) is 17.9. The van der Waals surface area contributed by atoms with Crippen LogP contribution in [0.4, 0.5) is 5.69 Å². The molecule has 262 valence electrons. The fourth-order valence-electron chi connectivity index (χ4n) is 7.47. The Balaban J connectivity index is 1.49. The lowest BCUT2D eigenvalue weighted by molar-refractivity contribution is -0.162. The molecule has 1 spiro atoms. The number of anilines is 1. The van der Waals surface area contributed by atoms with E-state index in [0.717, 1.165) is 0 Å². The van der Waals surface area contributed by atoms with Gasteiger partial charge in [0.1, 0.15) is 17.7 Å². The summed E-state index contributed by atoms with van der Waals surface area (Å²) in [6.07, 6.45) is 3.64. The summed E-state index contributed by atoms with van der Waals surface area (Å²) in [6, 6.07) is 14.3. The van der Waals surface area contributed by atoms with Gasteiger partial charge < -0.3 is 29.7 Å². The molecular weight excluding hydrogens is 714 g/mol. The summed E-state index contributed by atoms with van der Waals surface area (Å²) in [5.41, 5.74) is -0.0548. The van der Waals surface area contributed by atoms with Gasteiger partial charge in [-0.1, -0.05) is 70.0 Å². The second-order valence-corrected chi connectivity index (χ2v) is 14.4. The number of hydrogen-bond donors (Lipinski definition) is 2. The number of nitrogens with one attached hydrogen (secondary N) is 1. The van der Waals surface area contributed by atoms with Crippen molar-refractivity contribution in [2.75, 3.05) is 24.6 Å². The van der Waals surface area contributed by atoms with Gasteiger partial charge in [-0.25, -0.2) is 0 Å². The number of rotatable bonds is 16. The van der Waals surface area contributed by atoms with Gasteiger partial charge in [0.25, 0.3) is 5.91 Å². The van der Waals surface area contributed by atoms with Crippen LogP contribution in [0, 0.1) is 11.8 Å². The third-order valence-electron chi connectivity index (χ3n) is 9.61. The van der Waals surface area contributed by atoms with Gasteiger partial charge in [-0.3, -0.25) is 19.2 Å². The molecule has 3 fully saturated rings. The van der Waals surface area contributed by atoms with Gasteiger partial charge in [0.15, 0.2) is 0 Å². The molecule has 3 heterocycles. The summed E-state index contributed by atoms with van der Waals surface area (Å²) in [5, 5.41) is 13.0.